The van der Waals surface area contributed by atoms with E-state index in [1.54, 1.807) is 0 Å². The van der Waals surface area contributed by atoms with Gasteiger partial charge >= 0.3 is 0 Å². The number of carbonyl (C=O) groups excluding carboxylic acids is 1. The number of hydrogen-bond acceptors (Lipinski definition) is 6. The summed E-state index contributed by atoms with van der Waals surface area (Å²) in [5, 5.41) is 7.08. The largest absolute Gasteiger partial charge is 0.482 e. The number of fused-ring (bicyclic) bond motifs is 1. The quantitative estimate of drug-likeness (QED) is 0.670. The molecular weight excluding hydrogens is 294 g/mol. The molecule has 2 N–H and O–H groups in total. The van der Waals surface area contributed by atoms with Gasteiger partial charge in [-0.2, -0.15) is 5.10 Å². The second-order valence-electron chi connectivity index (χ2n) is 5.33. The van der Waals surface area contributed by atoms with Crippen LogP contribution in [0.4, 0.5) is 11.6 Å². The Labute approximate surface area is 133 Å². The minimum Gasteiger partial charge on any atom is -0.482 e. The monoisotopic (exact) mass is 311 g/mol. The van der Waals surface area contributed by atoms with Crippen LogP contribution < -0.4 is 15.5 Å². The highest BCUT2D eigenvalue weighted by atomic mass is 16.5. The Bertz CT molecular complexity index is 781. The summed E-state index contributed by atoms with van der Waals surface area (Å²) >= 11 is 0. The molecule has 0 atom stereocenters. The summed E-state index contributed by atoms with van der Waals surface area (Å²) in [7, 11) is 0. The fourth-order valence-electron chi connectivity index (χ4n) is 2.28. The van der Waals surface area contributed by atoms with Gasteiger partial charge in [-0.1, -0.05) is 0 Å². The van der Waals surface area contributed by atoms with E-state index in [4.69, 9.17) is 4.74 Å². The van der Waals surface area contributed by atoms with E-state index < -0.39 is 0 Å². The van der Waals surface area contributed by atoms with Gasteiger partial charge in [-0.05, 0) is 50.6 Å². The first-order chi connectivity index (χ1) is 11.0. The summed E-state index contributed by atoms with van der Waals surface area (Å²) < 4.78 is 5.34. The number of amides is 1. The molecular formula is C16H17N5O2. The van der Waals surface area contributed by atoms with Gasteiger partial charge in [-0.3, -0.25) is 4.79 Å². The Balaban J connectivity index is 1.81. The number of rotatable bonds is 3. The minimum atomic E-state index is -0.161. The van der Waals surface area contributed by atoms with Gasteiger partial charge in [0, 0.05) is 11.4 Å². The Morgan fingerprint density at radius 2 is 2.00 bits per heavy atom. The molecule has 23 heavy (non-hydrogen) atoms. The molecule has 0 radical (unpaired) electrons. The van der Waals surface area contributed by atoms with Crippen molar-refractivity contribution in [2.45, 2.75) is 20.8 Å². The van der Waals surface area contributed by atoms with Gasteiger partial charge in [0.25, 0.3) is 5.91 Å². The lowest BCUT2D eigenvalue weighted by Gasteiger charge is -2.18. The zero-order chi connectivity index (χ0) is 16.4. The number of carbonyl (C=O) groups is 1. The van der Waals surface area contributed by atoms with Crippen molar-refractivity contribution < 1.29 is 9.53 Å². The van der Waals surface area contributed by atoms with Crippen molar-refractivity contribution >= 4 is 23.3 Å². The van der Waals surface area contributed by atoms with Crippen molar-refractivity contribution in [2.75, 3.05) is 17.3 Å². The first kappa shape index (κ1) is 15.0. The van der Waals surface area contributed by atoms with Crippen molar-refractivity contribution in [2.24, 2.45) is 5.10 Å². The van der Waals surface area contributed by atoms with Crippen LogP contribution in [-0.4, -0.2) is 28.2 Å². The van der Waals surface area contributed by atoms with Gasteiger partial charge in [0.2, 0.25) is 5.95 Å². The van der Waals surface area contributed by atoms with Gasteiger partial charge in [0.15, 0.2) is 6.61 Å². The Hall–Kier alpha value is -2.96. The fraction of sp³-hybridized carbons (Fsp3) is 0.250. The van der Waals surface area contributed by atoms with Crippen LogP contribution in [0.1, 0.15) is 23.9 Å². The summed E-state index contributed by atoms with van der Waals surface area (Å²) in [6.07, 6.45) is 0. The van der Waals surface area contributed by atoms with Crippen molar-refractivity contribution in [1.29, 1.82) is 0 Å². The number of hydrazone groups is 1. The van der Waals surface area contributed by atoms with Crippen LogP contribution in [0.3, 0.4) is 0 Å². The maximum atomic E-state index is 11.4. The molecule has 0 spiro atoms. The molecule has 0 unspecified atom stereocenters. The smallest absolute Gasteiger partial charge is 0.262 e. The van der Waals surface area contributed by atoms with Crippen LogP contribution in [0.2, 0.25) is 0 Å². The van der Waals surface area contributed by atoms with Gasteiger partial charge in [-0.25, -0.2) is 15.4 Å². The third kappa shape index (κ3) is 3.45. The molecule has 1 aliphatic rings. The van der Waals surface area contributed by atoms with Gasteiger partial charge < -0.3 is 10.1 Å². The minimum absolute atomic E-state index is 0.0466. The highest BCUT2D eigenvalue weighted by Gasteiger charge is 2.16. The number of benzene rings is 1. The van der Waals surface area contributed by atoms with Crippen LogP contribution >= 0.6 is 0 Å². The zero-order valence-electron chi connectivity index (χ0n) is 13.2. The second-order valence-corrected chi connectivity index (χ2v) is 5.33. The standard InChI is InChI=1S/C16H17N5O2/c1-9-6-10(2)18-16(17-9)21-20-11(3)12-4-5-14-13(7-12)19-15(22)8-23-14/h4-7H,8H2,1-3H3,(H,19,22)(H,17,18,21)/b20-11-. The summed E-state index contributed by atoms with van der Waals surface area (Å²) in [5.74, 6) is 0.953. The summed E-state index contributed by atoms with van der Waals surface area (Å²) in [6, 6.07) is 7.43. The first-order valence-electron chi connectivity index (χ1n) is 7.21. The third-order valence-corrected chi connectivity index (χ3v) is 3.34. The molecule has 0 saturated heterocycles. The molecule has 2 heterocycles. The summed E-state index contributed by atoms with van der Waals surface area (Å²) in [4.78, 5) is 19.9. The fourth-order valence-corrected chi connectivity index (χ4v) is 2.28. The highest BCUT2D eigenvalue weighted by Crippen LogP contribution is 2.28. The lowest BCUT2D eigenvalue weighted by atomic mass is 10.1. The maximum absolute atomic E-state index is 11.4. The van der Waals surface area contributed by atoms with E-state index in [-0.39, 0.29) is 12.5 Å². The normalized spacial score (nSPS) is 13.9. The summed E-state index contributed by atoms with van der Waals surface area (Å²) in [5.41, 5.74) is 6.88. The van der Waals surface area contributed by atoms with Gasteiger partial charge in [0.05, 0.1) is 11.4 Å². The zero-order valence-corrected chi connectivity index (χ0v) is 13.2. The van der Waals surface area contributed by atoms with Crippen LogP contribution in [-0.2, 0) is 4.79 Å². The van der Waals surface area contributed by atoms with E-state index in [0.29, 0.717) is 17.4 Å². The average molecular weight is 311 g/mol. The molecule has 7 nitrogen and oxygen atoms in total. The molecule has 7 heteroatoms. The van der Waals surface area contributed by atoms with E-state index in [1.165, 1.54) is 0 Å². The molecule has 0 fully saturated rings. The molecule has 0 bridgehead atoms. The van der Waals surface area contributed by atoms with Crippen molar-refractivity contribution in [1.82, 2.24) is 9.97 Å². The SMILES string of the molecule is C/C(=N/Nc1nc(C)cc(C)n1)c1ccc2c(c1)NC(=O)CO2. The van der Waals surface area contributed by atoms with E-state index in [0.717, 1.165) is 22.7 Å². The van der Waals surface area contributed by atoms with Crippen LogP contribution in [0, 0.1) is 13.8 Å². The van der Waals surface area contributed by atoms with Crippen molar-refractivity contribution in [3.8, 4) is 5.75 Å². The molecule has 2 aromatic rings. The number of hydrogen-bond donors (Lipinski definition) is 2. The van der Waals surface area contributed by atoms with Crippen molar-refractivity contribution in [3.05, 3.63) is 41.2 Å². The first-order valence-corrected chi connectivity index (χ1v) is 7.21. The Morgan fingerprint density at radius 1 is 1.26 bits per heavy atom. The number of nitrogens with zero attached hydrogens (tertiary/aromatic N) is 3. The predicted octanol–water partition coefficient (Wildman–Crippen LogP) is 2.26. The molecule has 1 amide bonds. The van der Waals surface area contributed by atoms with E-state index >= 15 is 0 Å². The molecule has 1 aromatic carbocycles. The average Bonchev–Trinajstić information content (AvgIpc) is 2.51. The molecule has 0 saturated carbocycles. The number of nitrogens with one attached hydrogen (secondary N) is 2. The summed E-state index contributed by atoms with van der Waals surface area (Å²) in [6.45, 7) is 5.72. The molecule has 1 aromatic heterocycles. The predicted molar refractivity (Wildman–Crippen MR) is 87.9 cm³/mol. The Kier molecular flexibility index (Phi) is 3.92. The van der Waals surface area contributed by atoms with Gasteiger partial charge in [-0.15, -0.1) is 0 Å². The van der Waals surface area contributed by atoms with Crippen LogP contribution in [0.15, 0.2) is 29.4 Å². The molecule has 1 aliphatic heterocycles. The molecule has 0 aliphatic carbocycles. The van der Waals surface area contributed by atoms with Crippen LogP contribution in [0.5, 0.6) is 5.75 Å². The third-order valence-electron chi connectivity index (χ3n) is 3.34. The highest BCUT2D eigenvalue weighted by molar-refractivity contribution is 6.02. The number of anilines is 2. The molecule has 118 valence electrons. The lowest BCUT2D eigenvalue weighted by Crippen LogP contribution is -2.25. The Morgan fingerprint density at radius 3 is 2.74 bits per heavy atom. The number of aryl methyl sites for hydroxylation is 2. The lowest BCUT2D eigenvalue weighted by molar-refractivity contribution is -0.118. The molecule has 3 rings (SSSR count). The van der Waals surface area contributed by atoms with Crippen molar-refractivity contribution in [3.63, 3.8) is 0 Å². The number of ether oxygens (including phenoxy) is 1. The van der Waals surface area contributed by atoms with Crippen LogP contribution in [0.25, 0.3) is 0 Å². The van der Waals surface area contributed by atoms with E-state index in [1.807, 2.05) is 45.0 Å². The van der Waals surface area contributed by atoms with E-state index in [9.17, 15) is 4.79 Å². The van der Waals surface area contributed by atoms with E-state index in [2.05, 4.69) is 25.8 Å². The van der Waals surface area contributed by atoms with Gasteiger partial charge in [0.1, 0.15) is 5.75 Å². The maximum Gasteiger partial charge on any atom is 0.262 e. The number of aromatic nitrogens is 2. The second kappa shape index (κ2) is 6.04. The topological polar surface area (TPSA) is 88.5 Å².